The molecule has 0 spiro atoms. The summed E-state index contributed by atoms with van der Waals surface area (Å²) in [6.45, 7) is 1.54. The van der Waals surface area contributed by atoms with Gasteiger partial charge in [-0.3, -0.25) is 15.5 Å². The molecular weight excluding hydrogens is 270 g/mol. The van der Waals surface area contributed by atoms with Crippen molar-refractivity contribution in [3.05, 3.63) is 44.9 Å². The van der Waals surface area contributed by atoms with Crippen LogP contribution in [-0.4, -0.2) is 21.8 Å². The standard InChI is InChI=1S/C10H11N5O3S/c1-6(14-16)9(12-13-10(11)19)7-2-4-8(5-3-7)15(17)18/h2-6H,1H3,(H3,11,13,19). The smallest absolute Gasteiger partial charge is 0.269 e. The predicted molar refractivity (Wildman–Crippen MR) is 74.8 cm³/mol. The molecule has 0 bridgehead atoms. The van der Waals surface area contributed by atoms with Crippen molar-refractivity contribution in [2.45, 2.75) is 13.0 Å². The Kier molecular flexibility index (Phi) is 5.01. The van der Waals surface area contributed by atoms with Crippen LogP contribution in [0.1, 0.15) is 12.5 Å². The van der Waals surface area contributed by atoms with Gasteiger partial charge in [0.05, 0.1) is 10.6 Å². The van der Waals surface area contributed by atoms with Crippen molar-refractivity contribution in [2.75, 3.05) is 0 Å². The molecule has 8 nitrogen and oxygen atoms in total. The second-order valence-electron chi connectivity index (χ2n) is 3.56. The summed E-state index contributed by atoms with van der Waals surface area (Å²) in [6.07, 6.45) is 0. The van der Waals surface area contributed by atoms with Gasteiger partial charge in [-0.2, -0.15) is 10.0 Å². The molecule has 0 radical (unpaired) electrons. The first-order chi connectivity index (χ1) is 8.95. The average molecular weight is 281 g/mol. The molecule has 9 heteroatoms. The van der Waals surface area contributed by atoms with E-state index < -0.39 is 11.0 Å². The van der Waals surface area contributed by atoms with Crippen LogP contribution in [0.25, 0.3) is 0 Å². The van der Waals surface area contributed by atoms with E-state index in [1.165, 1.54) is 31.2 Å². The second-order valence-corrected chi connectivity index (χ2v) is 4.00. The summed E-state index contributed by atoms with van der Waals surface area (Å²) in [4.78, 5) is 20.6. The van der Waals surface area contributed by atoms with E-state index in [-0.39, 0.29) is 16.5 Å². The summed E-state index contributed by atoms with van der Waals surface area (Å²) in [5.41, 5.74) is 8.35. The summed E-state index contributed by atoms with van der Waals surface area (Å²) < 4.78 is 0. The Morgan fingerprint density at radius 2 is 2.05 bits per heavy atom. The Labute approximate surface area is 113 Å². The average Bonchev–Trinajstić information content (AvgIpc) is 2.38. The van der Waals surface area contributed by atoms with Crippen LogP contribution in [0.15, 0.2) is 34.5 Å². The molecule has 1 atom stereocenters. The minimum absolute atomic E-state index is 0.0579. The van der Waals surface area contributed by atoms with Gasteiger partial charge in [0, 0.05) is 17.7 Å². The molecule has 0 aliphatic rings. The number of hydrogen-bond acceptors (Lipinski definition) is 6. The predicted octanol–water partition coefficient (Wildman–Crippen LogP) is 1.29. The molecule has 0 aromatic heterocycles. The van der Waals surface area contributed by atoms with Crippen LogP contribution in [0, 0.1) is 15.0 Å². The lowest BCUT2D eigenvalue weighted by Gasteiger charge is -2.08. The molecule has 19 heavy (non-hydrogen) atoms. The van der Waals surface area contributed by atoms with Gasteiger partial charge in [-0.25, -0.2) is 0 Å². The van der Waals surface area contributed by atoms with Gasteiger partial charge in [0.25, 0.3) is 5.69 Å². The first-order valence-electron chi connectivity index (χ1n) is 5.16. The molecule has 1 aromatic carbocycles. The van der Waals surface area contributed by atoms with Crippen LogP contribution < -0.4 is 11.2 Å². The van der Waals surface area contributed by atoms with Gasteiger partial charge in [0.2, 0.25) is 0 Å². The number of rotatable bonds is 5. The highest BCUT2D eigenvalue weighted by molar-refractivity contribution is 7.80. The summed E-state index contributed by atoms with van der Waals surface area (Å²) >= 11 is 4.60. The third-order valence-corrected chi connectivity index (χ3v) is 2.31. The highest BCUT2D eigenvalue weighted by atomic mass is 32.1. The summed E-state index contributed by atoms with van der Waals surface area (Å²) in [5.74, 6) is 0. The van der Waals surface area contributed by atoms with Crippen molar-refractivity contribution in [1.29, 1.82) is 0 Å². The molecule has 1 unspecified atom stereocenters. The molecule has 100 valence electrons. The number of nitro benzene ring substituents is 1. The van der Waals surface area contributed by atoms with Gasteiger partial charge >= 0.3 is 0 Å². The van der Waals surface area contributed by atoms with Crippen molar-refractivity contribution < 1.29 is 4.92 Å². The molecule has 1 rings (SSSR count). The number of hydrazone groups is 1. The van der Waals surface area contributed by atoms with Gasteiger partial charge < -0.3 is 5.73 Å². The number of nitrogens with zero attached hydrogens (tertiary/aromatic N) is 3. The van der Waals surface area contributed by atoms with Crippen molar-refractivity contribution in [3.8, 4) is 0 Å². The highest BCUT2D eigenvalue weighted by Crippen LogP contribution is 2.14. The Bertz CT molecular complexity index is 528. The molecule has 0 fully saturated rings. The lowest BCUT2D eigenvalue weighted by Crippen LogP contribution is -2.28. The number of thiocarbonyl (C=S) groups is 1. The van der Waals surface area contributed by atoms with Crippen molar-refractivity contribution in [3.63, 3.8) is 0 Å². The fourth-order valence-corrected chi connectivity index (χ4v) is 1.36. The molecule has 0 aliphatic heterocycles. The van der Waals surface area contributed by atoms with Crippen LogP contribution >= 0.6 is 12.2 Å². The fourth-order valence-electron chi connectivity index (χ4n) is 1.32. The molecule has 3 N–H and O–H groups in total. The monoisotopic (exact) mass is 281 g/mol. The Morgan fingerprint density at radius 1 is 1.47 bits per heavy atom. The number of nitroso groups, excluding NO2 is 1. The van der Waals surface area contributed by atoms with E-state index in [1.54, 1.807) is 0 Å². The third-order valence-electron chi connectivity index (χ3n) is 2.21. The van der Waals surface area contributed by atoms with E-state index in [1.807, 2.05) is 0 Å². The lowest BCUT2D eigenvalue weighted by atomic mass is 10.0. The van der Waals surface area contributed by atoms with Crippen molar-refractivity contribution in [1.82, 2.24) is 5.43 Å². The van der Waals surface area contributed by atoms with Crippen molar-refractivity contribution >= 4 is 28.7 Å². The molecule has 0 heterocycles. The van der Waals surface area contributed by atoms with Crippen LogP contribution in [0.3, 0.4) is 0 Å². The summed E-state index contributed by atoms with van der Waals surface area (Å²) in [5, 5.41) is 17.2. The molecule has 0 aliphatic carbocycles. The summed E-state index contributed by atoms with van der Waals surface area (Å²) in [6, 6.07) is 4.81. The minimum Gasteiger partial charge on any atom is -0.375 e. The van der Waals surface area contributed by atoms with E-state index in [0.29, 0.717) is 5.56 Å². The molecule has 1 aromatic rings. The van der Waals surface area contributed by atoms with Gasteiger partial charge in [0.1, 0.15) is 6.04 Å². The maximum absolute atomic E-state index is 10.6. The number of hydrogen-bond donors (Lipinski definition) is 2. The van der Waals surface area contributed by atoms with E-state index in [9.17, 15) is 15.0 Å². The Hall–Kier alpha value is -2.42. The van der Waals surface area contributed by atoms with Crippen molar-refractivity contribution in [2.24, 2.45) is 16.0 Å². The number of benzene rings is 1. The van der Waals surface area contributed by atoms with E-state index in [2.05, 4.69) is 27.9 Å². The van der Waals surface area contributed by atoms with E-state index >= 15 is 0 Å². The topological polar surface area (TPSA) is 123 Å². The maximum Gasteiger partial charge on any atom is 0.269 e. The lowest BCUT2D eigenvalue weighted by molar-refractivity contribution is -0.384. The number of nitro groups is 1. The van der Waals surface area contributed by atoms with Crippen LogP contribution in [0.2, 0.25) is 0 Å². The van der Waals surface area contributed by atoms with Crippen LogP contribution in [-0.2, 0) is 0 Å². The summed E-state index contributed by atoms with van der Waals surface area (Å²) in [7, 11) is 0. The van der Waals surface area contributed by atoms with Gasteiger partial charge in [-0.05, 0) is 31.3 Å². The minimum atomic E-state index is -0.747. The fraction of sp³-hybridized carbons (Fsp3) is 0.200. The van der Waals surface area contributed by atoms with Gasteiger partial charge in [-0.1, -0.05) is 5.18 Å². The SMILES string of the molecule is CC(N=O)C(=NNC(N)=S)c1ccc([N+](=O)[O-])cc1. The second kappa shape index (κ2) is 6.50. The van der Waals surface area contributed by atoms with E-state index in [0.717, 1.165) is 0 Å². The number of nitrogens with two attached hydrogens (primary N) is 1. The van der Waals surface area contributed by atoms with Crippen LogP contribution in [0.5, 0.6) is 0 Å². The molecule has 0 saturated carbocycles. The normalized spacial score (nSPS) is 12.6. The Morgan fingerprint density at radius 3 is 2.47 bits per heavy atom. The zero-order chi connectivity index (χ0) is 14.4. The Balaban J connectivity index is 3.10. The quantitative estimate of drug-likeness (QED) is 0.275. The number of non-ortho nitro benzene ring substituents is 1. The maximum atomic E-state index is 10.6. The van der Waals surface area contributed by atoms with Gasteiger partial charge in [-0.15, -0.1) is 0 Å². The first kappa shape index (κ1) is 14.6. The zero-order valence-corrected chi connectivity index (χ0v) is 10.8. The largest absolute Gasteiger partial charge is 0.375 e. The zero-order valence-electron chi connectivity index (χ0n) is 9.94. The van der Waals surface area contributed by atoms with E-state index in [4.69, 9.17) is 5.73 Å². The van der Waals surface area contributed by atoms with Gasteiger partial charge in [0.15, 0.2) is 5.11 Å². The third kappa shape index (κ3) is 4.07. The first-order valence-corrected chi connectivity index (χ1v) is 5.57. The number of nitrogens with one attached hydrogen (secondary N) is 1. The molecule has 0 amide bonds. The molecular formula is C10H11N5O3S. The molecule has 0 saturated heterocycles. The highest BCUT2D eigenvalue weighted by Gasteiger charge is 2.15. The van der Waals surface area contributed by atoms with Crippen LogP contribution in [0.4, 0.5) is 5.69 Å².